The van der Waals surface area contributed by atoms with Gasteiger partial charge in [-0.25, -0.2) is 4.98 Å². The van der Waals surface area contributed by atoms with Crippen molar-refractivity contribution in [3.8, 4) is 5.88 Å². The largest absolute Gasteiger partial charge is 0.474 e. The van der Waals surface area contributed by atoms with Gasteiger partial charge in [-0.3, -0.25) is 4.79 Å². The lowest BCUT2D eigenvalue weighted by atomic mass is 9.94. The van der Waals surface area contributed by atoms with E-state index in [1.807, 2.05) is 51.0 Å². The van der Waals surface area contributed by atoms with Crippen LogP contribution in [0.1, 0.15) is 36.2 Å². The monoisotopic (exact) mass is 353 g/mol. The van der Waals surface area contributed by atoms with Crippen molar-refractivity contribution < 1.29 is 9.53 Å². The first kappa shape index (κ1) is 18.4. The highest BCUT2D eigenvalue weighted by Gasteiger charge is 2.33. The van der Waals surface area contributed by atoms with Crippen LogP contribution >= 0.6 is 0 Å². The summed E-state index contributed by atoms with van der Waals surface area (Å²) in [6, 6.07) is 11.9. The lowest BCUT2D eigenvalue weighted by Gasteiger charge is -2.38. The number of aryl methyl sites for hydroxylation is 1. The SMILES string of the molecule is CC(C)Oc1ncccc1C(=O)N1c2ccccc2CC[C@@H]1CN(C)C. The van der Waals surface area contributed by atoms with E-state index in [-0.39, 0.29) is 18.1 Å². The predicted octanol–water partition coefficient (Wildman–Crippen LogP) is 3.39. The highest BCUT2D eigenvalue weighted by molar-refractivity contribution is 6.08. The van der Waals surface area contributed by atoms with Crippen molar-refractivity contribution in [1.29, 1.82) is 0 Å². The molecular weight excluding hydrogens is 326 g/mol. The van der Waals surface area contributed by atoms with Gasteiger partial charge in [0.25, 0.3) is 5.91 Å². The van der Waals surface area contributed by atoms with Crippen LogP contribution in [0, 0.1) is 0 Å². The molecule has 1 atom stereocenters. The highest BCUT2D eigenvalue weighted by atomic mass is 16.5. The summed E-state index contributed by atoms with van der Waals surface area (Å²) < 4.78 is 5.79. The third-order valence-corrected chi connectivity index (χ3v) is 4.51. The van der Waals surface area contributed by atoms with Crippen molar-refractivity contribution in [3.63, 3.8) is 0 Å². The van der Waals surface area contributed by atoms with Crippen molar-refractivity contribution in [2.75, 3.05) is 25.5 Å². The minimum atomic E-state index is -0.0484. The fourth-order valence-electron chi connectivity index (χ4n) is 3.48. The zero-order chi connectivity index (χ0) is 18.7. The Bertz CT molecular complexity index is 773. The molecule has 2 aromatic rings. The van der Waals surface area contributed by atoms with Crippen LogP contribution in [0.15, 0.2) is 42.6 Å². The molecule has 26 heavy (non-hydrogen) atoms. The number of aromatic nitrogens is 1. The summed E-state index contributed by atoms with van der Waals surface area (Å²) in [6.07, 6.45) is 3.56. The first-order valence-electron chi connectivity index (χ1n) is 9.15. The molecule has 1 amide bonds. The molecule has 3 rings (SSSR count). The van der Waals surface area contributed by atoms with Crippen LogP contribution in [0.25, 0.3) is 0 Å². The molecule has 5 heteroatoms. The Kier molecular flexibility index (Phi) is 5.57. The van der Waals surface area contributed by atoms with Crippen molar-refractivity contribution in [1.82, 2.24) is 9.88 Å². The molecule has 0 N–H and O–H groups in total. The first-order valence-corrected chi connectivity index (χ1v) is 9.15. The van der Waals surface area contributed by atoms with E-state index in [0.717, 1.165) is 25.1 Å². The number of hydrogen-bond donors (Lipinski definition) is 0. The van der Waals surface area contributed by atoms with E-state index < -0.39 is 0 Å². The lowest BCUT2D eigenvalue weighted by Crippen LogP contribution is -2.48. The van der Waals surface area contributed by atoms with Crippen LogP contribution in [-0.2, 0) is 6.42 Å². The summed E-state index contributed by atoms with van der Waals surface area (Å²) in [4.78, 5) is 21.9. The number of likely N-dealkylation sites (N-methyl/N-ethyl adjacent to an activating group) is 1. The standard InChI is InChI=1S/C21H27N3O2/c1-15(2)26-20-18(9-7-13-22-20)21(25)24-17(14-23(3)4)12-11-16-8-5-6-10-19(16)24/h5-10,13,15,17H,11-12,14H2,1-4H3/t17-/m1/s1. The molecule has 5 nitrogen and oxygen atoms in total. The highest BCUT2D eigenvalue weighted by Crippen LogP contribution is 2.33. The third-order valence-electron chi connectivity index (χ3n) is 4.51. The summed E-state index contributed by atoms with van der Waals surface area (Å²) in [5.41, 5.74) is 2.72. The first-order chi connectivity index (χ1) is 12.5. The molecule has 0 unspecified atom stereocenters. The summed E-state index contributed by atoms with van der Waals surface area (Å²) in [7, 11) is 4.08. The minimum absolute atomic E-state index is 0.0392. The Morgan fingerprint density at radius 2 is 2.04 bits per heavy atom. The number of carbonyl (C=O) groups excluding carboxylic acids is 1. The van der Waals surface area contributed by atoms with E-state index in [9.17, 15) is 4.79 Å². The number of pyridine rings is 1. The van der Waals surface area contributed by atoms with E-state index in [0.29, 0.717) is 11.4 Å². The molecule has 1 aromatic carbocycles. The second-order valence-corrected chi connectivity index (χ2v) is 7.28. The van der Waals surface area contributed by atoms with Gasteiger partial charge in [0.1, 0.15) is 5.56 Å². The Morgan fingerprint density at radius 1 is 1.27 bits per heavy atom. The zero-order valence-electron chi connectivity index (χ0n) is 16.0. The number of benzene rings is 1. The van der Waals surface area contributed by atoms with Gasteiger partial charge < -0.3 is 14.5 Å². The summed E-state index contributed by atoms with van der Waals surface area (Å²) in [5, 5.41) is 0. The number of ether oxygens (including phenoxy) is 1. The maximum atomic E-state index is 13.5. The number of hydrogen-bond acceptors (Lipinski definition) is 4. The lowest BCUT2D eigenvalue weighted by molar-refractivity contribution is 0.0961. The van der Waals surface area contributed by atoms with Gasteiger partial charge in [-0.05, 0) is 64.5 Å². The number of anilines is 1. The van der Waals surface area contributed by atoms with Gasteiger partial charge in [-0.1, -0.05) is 18.2 Å². The molecule has 0 saturated carbocycles. The van der Waals surface area contributed by atoms with Crippen molar-refractivity contribution in [2.45, 2.75) is 38.8 Å². The second-order valence-electron chi connectivity index (χ2n) is 7.28. The number of nitrogens with zero attached hydrogens (tertiary/aromatic N) is 3. The van der Waals surface area contributed by atoms with Crippen LogP contribution in [0.2, 0.25) is 0 Å². The molecule has 0 aliphatic carbocycles. The molecule has 138 valence electrons. The predicted molar refractivity (Wildman–Crippen MR) is 104 cm³/mol. The van der Waals surface area contributed by atoms with E-state index in [1.54, 1.807) is 18.3 Å². The molecule has 1 aromatic heterocycles. The number of rotatable bonds is 5. The van der Waals surface area contributed by atoms with Crippen molar-refractivity contribution in [2.24, 2.45) is 0 Å². The van der Waals surface area contributed by atoms with Gasteiger partial charge in [-0.2, -0.15) is 0 Å². The number of amides is 1. The molecule has 0 fully saturated rings. The number of fused-ring (bicyclic) bond motifs is 1. The van der Waals surface area contributed by atoms with Crippen LogP contribution in [0.4, 0.5) is 5.69 Å². The summed E-state index contributed by atoms with van der Waals surface area (Å²) in [5.74, 6) is 0.354. The van der Waals surface area contributed by atoms with Gasteiger partial charge in [0.05, 0.1) is 12.1 Å². The van der Waals surface area contributed by atoms with E-state index in [2.05, 4.69) is 16.0 Å². The average molecular weight is 353 g/mol. The van der Waals surface area contributed by atoms with Gasteiger partial charge in [0, 0.05) is 18.4 Å². The van der Waals surface area contributed by atoms with Crippen molar-refractivity contribution >= 4 is 11.6 Å². The van der Waals surface area contributed by atoms with E-state index >= 15 is 0 Å². The van der Waals surface area contributed by atoms with Gasteiger partial charge in [0.2, 0.25) is 5.88 Å². The van der Waals surface area contributed by atoms with Crippen LogP contribution in [-0.4, -0.2) is 48.6 Å². The second kappa shape index (κ2) is 7.87. The normalized spacial score (nSPS) is 16.7. The molecule has 0 radical (unpaired) electrons. The third kappa shape index (κ3) is 3.88. The fourth-order valence-corrected chi connectivity index (χ4v) is 3.48. The molecule has 2 heterocycles. The van der Waals surface area contributed by atoms with Crippen LogP contribution in [0.3, 0.4) is 0 Å². The average Bonchev–Trinajstić information content (AvgIpc) is 2.60. The van der Waals surface area contributed by atoms with Crippen LogP contribution in [0.5, 0.6) is 5.88 Å². The quantitative estimate of drug-likeness (QED) is 0.827. The molecule has 1 aliphatic rings. The van der Waals surface area contributed by atoms with Gasteiger partial charge >= 0.3 is 0 Å². The molecular formula is C21H27N3O2. The van der Waals surface area contributed by atoms with E-state index in [1.165, 1.54) is 5.56 Å². The Labute approximate surface area is 155 Å². The fraction of sp³-hybridized carbons (Fsp3) is 0.429. The Balaban J connectivity index is 2.02. The minimum Gasteiger partial charge on any atom is -0.474 e. The van der Waals surface area contributed by atoms with Crippen LogP contribution < -0.4 is 9.64 Å². The zero-order valence-corrected chi connectivity index (χ0v) is 16.0. The maximum Gasteiger partial charge on any atom is 0.264 e. The molecule has 0 spiro atoms. The summed E-state index contributed by atoms with van der Waals surface area (Å²) >= 11 is 0. The molecule has 0 saturated heterocycles. The van der Waals surface area contributed by atoms with Gasteiger partial charge in [0.15, 0.2) is 0 Å². The van der Waals surface area contributed by atoms with E-state index in [4.69, 9.17) is 4.74 Å². The molecule has 0 bridgehead atoms. The Hall–Kier alpha value is -2.40. The summed E-state index contributed by atoms with van der Waals surface area (Å²) in [6.45, 7) is 4.70. The van der Waals surface area contributed by atoms with Crippen molar-refractivity contribution in [3.05, 3.63) is 53.7 Å². The Morgan fingerprint density at radius 3 is 2.77 bits per heavy atom. The number of para-hydroxylation sites is 1. The smallest absolute Gasteiger partial charge is 0.264 e. The number of carbonyl (C=O) groups is 1. The molecule has 1 aliphatic heterocycles. The maximum absolute atomic E-state index is 13.5. The topological polar surface area (TPSA) is 45.7 Å². The van der Waals surface area contributed by atoms with Gasteiger partial charge in [-0.15, -0.1) is 0 Å².